The van der Waals surface area contributed by atoms with Crippen molar-refractivity contribution in [3.8, 4) is 5.75 Å². The lowest BCUT2D eigenvalue weighted by Crippen LogP contribution is -2.46. The number of ether oxygens (including phenoxy) is 1. The summed E-state index contributed by atoms with van der Waals surface area (Å²) in [4.78, 5) is 13.1. The minimum absolute atomic E-state index is 0.0180. The van der Waals surface area contributed by atoms with Crippen LogP contribution in [0.1, 0.15) is 31.7 Å². The van der Waals surface area contributed by atoms with Crippen LogP contribution in [0.15, 0.2) is 47.4 Å². The van der Waals surface area contributed by atoms with Crippen molar-refractivity contribution >= 4 is 21.6 Å². The zero-order chi connectivity index (χ0) is 21.2. The molecule has 0 aromatic heterocycles. The molecule has 1 aliphatic carbocycles. The van der Waals surface area contributed by atoms with Gasteiger partial charge in [0, 0.05) is 19.8 Å². The van der Waals surface area contributed by atoms with Gasteiger partial charge in [-0.1, -0.05) is 18.6 Å². The van der Waals surface area contributed by atoms with E-state index in [2.05, 4.69) is 5.32 Å². The summed E-state index contributed by atoms with van der Waals surface area (Å²) in [5.41, 5.74) is 0.177. The zero-order valence-electron chi connectivity index (χ0n) is 16.7. The lowest BCUT2D eigenvalue weighted by Gasteiger charge is -2.40. The Labute approximate surface area is 170 Å². The van der Waals surface area contributed by atoms with Gasteiger partial charge in [0.05, 0.1) is 12.0 Å². The normalized spacial score (nSPS) is 15.6. The number of anilines is 1. The van der Waals surface area contributed by atoms with Gasteiger partial charge < -0.3 is 10.1 Å². The standard InChI is InChI=1S/C21H25FN2O4S/c1-4-28-18-10-9-17(14-19(18)29(26,27)24(2)3)23-20(25)21(11-6-12-21)15-7-5-8-16(22)13-15/h5,7-10,13-14H,4,6,11-12H2,1-3H3,(H,23,25). The third-order valence-electron chi connectivity index (χ3n) is 5.28. The Morgan fingerprint density at radius 3 is 2.48 bits per heavy atom. The van der Waals surface area contributed by atoms with Gasteiger partial charge in [-0.3, -0.25) is 4.79 Å². The van der Waals surface area contributed by atoms with E-state index in [9.17, 15) is 17.6 Å². The third-order valence-corrected chi connectivity index (χ3v) is 7.12. The number of nitrogens with one attached hydrogen (secondary N) is 1. The Bertz CT molecular complexity index is 1020. The molecule has 3 rings (SSSR count). The number of halogens is 1. The fourth-order valence-corrected chi connectivity index (χ4v) is 4.52. The quantitative estimate of drug-likeness (QED) is 0.744. The van der Waals surface area contributed by atoms with Gasteiger partial charge in [0.2, 0.25) is 15.9 Å². The molecule has 1 saturated carbocycles. The molecular weight excluding hydrogens is 395 g/mol. The molecule has 1 fully saturated rings. The first kappa shape index (κ1) is 21.3. The molecule has 8 heteroatoms. The van der Waals surface area contributed by atoms with Crippen LogP contribution in [0.4, 0.5) is 10.1 Å². The fourth-order valence-electron chi connectivity index (χ4n) is 3.47. The SMILES string of the molecule is CCOc1ccc(NC(=O)C2(c3cccc(F)c3)CCC2)cc1S(=O)(=O)N(C)C. The maximum absolute atomic E-state index is 13.7. The molecule has 0 bridgehead atoms. The molecule has 1 amide bonds. The zero-order valence-corrected chi connectivity index (χ0v) is 17.6. The number of carbonyl (C=O) groups is 1. The van der Waals surface area contributed by atoms with Crippen LogP contribution < -0.4 is 10.1 Å². The van der Waals surface area contributed by atoms with Crippen molar-refractivity contribution in [3.63, 3.8) is 0 Å². The van der Waals surface area contributed by atoms with E-state index in [1.54, 1.807) is 25.1 Å². The van der Waals surface area contributed by atoms with Crippen LogP contribution in [0.3, 0.4) is 0 Å². The average Bonchev–Trinajstić information content (AvgIpc) is 2.62. The first-order valence-corrected chi connectivity index (χ1v) is 10.9. The van der Waals surface area contributed by atoms with Crippen LogP contribution in [0.2, 0.25) is 0 Å². The molecule has 0 aliphatic heterocycles. The van der Waals surface area contributed by atoms with Crippen molar-refractivity contribution < 1.29 is 22.3 Å². The van der Waals surface area contributed by atoms with E-state index in [1.807, 2.05) is 0 Å². The van der Waals surface area contributed by atoms with Gasteiger partial charge in [-0.2, -0.15) is 0 Å². The van der Waals surface area contributed by atoms with Crippen LogP contribution in [0.5, 0.6) is 5.75 Å². The van der Waals surface area contributed by atoms with Gasteiger partial charge in [0.25, 0.3) is 0 Å². The molecule has 0 spiro atoms. The summed E-state index contributed by atoms with van der Waals surface area (Å²) in [7, 11) is -0.897. The Kier molecular flexibility index (Phi) is 5.95. The summed E-state index contributed by atoms with van der Waals surface area (Å²) < 4.78 is 45.6. The molecule has 0 atom stereocenters. The van der Waals surface area contributed by atoms with Gasteiger partial charge in [0.15, 0.2) is 0 Å². The molecule has 2 aromatic rings. The van der Waals surface area contributed by atoms with Gasteiger partial charge >= 0.3 is 0 Å². The van der Waals surface area contributed by atoms with Crippen molar-refractivity contribution in [2.24, 2.45) is 0 Å². The number of rotatable bonds is 7. The summed E-state index contributed by atoms with van der Waals surface area (Å²) in [6, 6.07) is 10.6. The van der Waals surface area contributed by atoms with Crippen molar-refractivity contribution in [1.29, 1.82) is 0 Å². The number of benzene rings is 2. The number of nitrogens with zero attached hydrogens (tertiary/aromatic N) is 1. The number of hydrogen-bond donors (Lipinski definition) is 1. The highest BCUT2D eigenvalue weighted by Gasteiger charge is 2.45. The second-order valence-corrected chi connectivity index (χ2v) is 9.40. The third kappa shape index (κ3) is 4.00. The number of amides is 1. The van der Waals surface area contributed by atoms with Gasteiger partial charge in [-0.15, -0.1) is 0 Å². The van der Waals surface area contributed by atoms with E-state index in [-0.39, 0.29) is 22.4 Å². The smallest absolute Gasteiger partial charge is 0.246 e. The summed E-state index contributed by atoms with van der Waals surface area (Å²) in [6.45, 7) is 2.07. The molecule has 0 heterocycles. The second-order valence-electron chi connectivity index (χ2n) is 7.28. The minimum Gasteiger partial charge on any atom is -0.492 e. The predicted octanol–water partition coefficient (Wildman–Crippen LogP) is 3.54. The van der Waals surface area contributed by atoms with Crippen molar-refractivity contribution in [3.05, 3.63) is 53.8 Å². The van der Waals surface area contributed by atoms with E-state index in [1.165, 1.54) is 38.4 Å². The molecule has 2 aromatic carbocycles. The van der Waals surface area contributed by atoms with Crippen LogP contribution in [0, 0.1) is 5.82 Å². The number of hydrogen-bond acceptors (Lipinski definition) is 4. The van der Waals surface area contributed by atoms with Crippen LogP contribution in [0.25, 0.3) is 0 Å². The molecule has 29 heavy (non-hydrogen) atoms. The van der Waals surface area contributed by atoms with E-state index in [0.717, 1.165) is 10.7 Å². The van der Waals surface area contributed by atoms with Crippen molar-refractivity contribution in [2.45, 2.75) is 36.5 Å². The van der Waals surface area contributed by atoms with Crippen molar-refractivity contribution in [1.82, 2.24) is 4.31 Å². The van der Waals surface area contributed by atoms with Gasteiger partial charge in [-0.05, 0) is 55.7 Å². The number of sulfonamides is 1. The van der Waals surface area contributed by atoms with Crippen molar-refractivity contribution in [2.75, 3.05) is 26.0 Å². The summed E-state index contributed by atoms with van der Waals surface area (Å²) >= 11 is 0. The van der Waals surface area contributed by atoms with Crippen LogP contribution >= 0.6 is 0 Å². The topological polar surface area (TPSA) is 75.7 Å². The highest BCUT2D eigenvalue weighted by Crippen LogP contribution is 2.45. The molecule has 0 saturated heterocycles. The summed E-state index contributed by atoms with van der Waals surface area (Å²) in [5, 5.41) is 2.82. The Hall–Kier alpha value is -2.45. The highest BCUT2D eigenvalue weighted by molar-refractivity contribution is 7.89. The molecule has 6 nitrogen and oxygen atoms in total. The first-order valence-electron chi connectivity index (χ1n) is 9.47. The summed E-state index contributed by atoms with van der Waals surface area (Å²) in [5.74, 6) is -0.434. The molecule has 1 aliphatic rings. The van der Waals surface area contributed by atoms with E-state index in [4.69, 9.17) is 4.74 Å². The molecule has 1 N–H and O–H groups in total. The van der Waals surface area contributed by atoms with Gasteiger partial charge in [-0.25, -0.2) is 17.1 Å². The molecule has 156 valence electrons. The molecule has 0 unspecified atom stereocenters. The predicted molar refractivity (Wildman–Crippen MR) is 109 cm³/mol. The van der Waals surface area contributed by atoms with E-state index >= 15 is 0 Å². The maximum Gasteiger partial charge on any atom is 0.246 e. The van der Waals surface area contributed by atoms with E-state index < -0.39 is 15.4 Å². The number of carbonyl (C=O) groups excluding carboxylic acids is 1. The lowest BCUT2D eigenvalue weighted by molar-refractivity contribution is -0.124. The first-order chi connectivity index (χ1) is 13.7. The maximum atomic E-state index is 13.7. The Morgan fingerprint density at radius 2 is 1.93 bits per heavy atom. The Morgan fingerprint density at radius 1 is 1.21 bits per heavy atom. The highest BCUT2D eigenvalue weighted by atomic mass is 32.2. The lowest BCUT2D eigenvalue weighted by atomic mass is 9.63. The largest absolute Gasteiger partial charge is 0.492 e. The van der Waals surface area contributed by atoms with Gasteiger partial charge in [0.1, 0.15) is 16.5 Å². The van der Waals surface area contributed by atoms with Crippen LogP contribution in [-0.2, 0) is 20.2 Å². The average molecular weight is 421 g/mol. The van der Waals surface area contributed by atoms with E-state index in [0.29, 0.717) is 30.7 Å². The molecule has 0 radical (unpaired) electrons. The monoisotopic (exact) mass is 420 g/mol. The van der Waals surface area contributed by atoms with Crippen LogP contribution in [-0.4, -0.2) is 39.3 Å². The fraction of sp³-hybridized carbons (Fsp3) is 0.381. The minimum atomic E-state index is -3.77. The Balaban J connectivity index is 1.94. The summed E-state index contributed by atoms with van der Waals surface area (Å²) in [6.07, 6.45) is 2.10. The second kappa shape index (κ2) is 8.12. The molecular formula is C21H25FN2O4S.